The van der Waals surface area contributed by atoms with E-state index in [-0.39, 0.29) is 0 Å². The normalized spacial score (nSPS) is 10.3. The van der Waals surface area contributed by atoms with Crippen LogP contribution in [-0.2, 0) is 0 Å². The minimum atomic E-state index is 0.587. The second kappa shape index (κ2) is 5.13. The van der Waals surface area contributed by atoms with Crippen LogP contribution < -0.4 is 9.47 Å². The molecule has 0 fully saturated rings. The minimum absolute atomic E-state index is 0.587. The fourth-order valence-corrected chi connectivity index (χ4v) is 2.11. The molecule has 21 heavy (non-hydrogen) atoms. The summed E-state index contributed by atoms with van der Waals surface area (Å²) < 4.78 is 11.9. The third kappa shape index (κ3) is 2.15. The van der Waals surface area contributed by atoms with E-state index in [1.807, 2.05) is 12.1 Å². The van der Waals surface area contributed by atoms with E-state index in [0.29, 0.717) is 22.8 Å². The van der Waals surface area contributed by atoms with Crippen molar-refractivity contribution in [2.45, 2.75) is 0 Å². The summed E-state index contributed by atoms with van der Waals surface area (Å²) in [7, 11) is 3.19. The largest absolute Gasteiger partial charge is 0.497 e. The number of rotatable bonds is 3. The first kappa shape index (κ1) is 12.9. The van der Waals surface area contributed by atoms with Crippen molar-refractivity contribution in [1.82, 2.24) is 19.7 Å². The molecule has 6 heteroatoms. The lowest BCUT2D eigenvalue weighted by Gasteiger charge is -2.07. The van der Waals surface area contributed by atoms with Crippen molar-refractivity contribution in [3.8, 4) is 35.2 Å². The summed E-state index contributed by atoms with van der Waals surface area (Å²) in [5, 5.41) is 5.17. The highest BCUT2D eigenvalue weighted by molar-refractivity contribution is 5.91. The predicted octanol–water partition coefficient (Wildman–Crippen LogP) is 1.95. The van der Waals surface area contributed by atoms with Gasteiger partial charge in [0, 0.05) is 23.9 Å². The van der Waals surface area contributed by atoms with Crippen LogP contribution >= 0.6 is 0 Å². The monoisotopic (exact) mass is 280 g/mol. The fraction of sp³-hybridized carbons (Fsp3) is 0.133. The van der Waals surface area contributed by atoms with Crippen LogP contribution in [-0.4, -0.2) is 34.0 Å². The Morgan fingerprint density at radius 3 is 2.48 bits per heavy atom. The topological polar surface area (TPSA) is 62.1 Å². The molecular formula is C15H12N4O2. The van der Waals surface area contributed by atoms with Crippen molar-refractivity contribution in [2.75, 3.05) is 14.2 Å². The van der Waals surface area contributed by atoms with Crippen molar-refractivity contribution >= 4 is 11.0 Å². The maximum atomic E-state index is 5.46. The number of methoxy groups -OCH3 is 2. The minimum Gasteiger partial charge on any atom is -0.497 e. The maximum Gasteiger partial charge on any atom is 0.175 e. The predicted molar refractivity (Wildman–Crippen MR) is 78.1 cm³/mol. The highest BCUT2D eigenvalue weighted by Crippen LogP contribution is 2.32. The molecule has 0 N–H and O–H groups in total. The van der Waals surface area contributed by atoms with Crippen LogP contribution in [0.15, 0.2) is 30.7 Å². The first-order valence-corrected chi connectivity index (χ1v) is 6.15. The smallest absolute Gasteiger partial charge is 0.175 e. The summed E-state index contributed by atoms with van der Waals surface area (Å²) in [5.74, 6) is 1.34. The number of hydrogen-bond donors (Lipinski definition) is 0. The molecule has 104 valence electrons. The Kier molecular flexibility index (Phi) is 3.16. The van der Waals surface area contributed by atoms with Crippen LogP contribution in [0, 0.1) is 12.5 Å². The van der Waals surface area contributed by atoms with Crippen molar-refractivity contribution in [3.63, 3.8) is 0 Å². The van der Waals surface area contributed by atoms with Gasteiger partial charge < -0.3 is 9.47 Å². The van der Waals surface area contributed by atoms with Gasteiger partial charge in [0.1, 0.15) is 23.5 Å². The molecule has 0 spiro atoms. The lowest BCUT2D eigenvalue weighted by Crippen LogP contribution is -1.92. The van der Waals surface area contributed by atoms with Crippen LogP contribution in [0.25, 0.3) is 22.3 Å². The first-order valence-electron chi connectivity index (χ1n) is 6.15. The Balaban J connectivity index is 2.28. The molecule has 0 saturated carbocycles. The number of ether oxygens (including phenoxy) is 2. The molecule has 0 aliphatic rings. The molecular weight excluding hydrogens is 268 g/mol. The summed E-state index contributed by atoms with van der Waals surface area (Å²) in [4.78, 5) is 8.20. The summed E-state index contributed by atoms with van der Waals surface area (Å²) >= 11 is 0. The SMILES string of the molecule is C#Cn1nc(-c2cc(OC)cc(OC)c2)c2cncnc21. The summed E-state index contributed by atoms with van der Waals surface area (Å²) in [6, 6.07) is 7.98. The van der Waals surface area contributed by atoms with Gasteiger partial charge in [-0.1, -0.05) is 6.42 Å². The van der Waals surface area contributed by atoms with E-state index >= 15 is 0 Å². The summed E-state index contributed by atoms with van der Waals surface area (Å²) in [6.45, 7) is 0. The number of nitrogens with zero attached hydrogens (tertiary/aromatic N) is 4. The van der Waals surface area contributed by atoms with Crippen molar-refractivity contribution < 1.29 is 9.47 Å². The molecule has 0 aliphatic heterocycles. The molecule has 0 aliphatic carbocycles. The molecule has 2 aromatic heterocycles. The van der Waals surface area contributed by atoms with E-state index in [1.54, 1.807) is 26.5 Å². The quantitative estimate of drug-likeness (QED) is 0.686. The van der Waals surface area contributed by atoms with Gasteiger partial charge in [-0.05, 0) is 12.1 Å². The van der Waals surface area contributed by atoms with E-state index < -0.39 is 0 Å². The van der Waals surface area contributed by atoms with Crippen molar-refractivity contribution in [1.29, 1.82) is 0 Å². The average molecular weight is 280 g/mol. The third-order valence-electron chi connectivity index (χ3n) is 3.09. The fourth-order valence-electron chi connectivity index (χ4n) is 2.11. The molecule has 0 amide bonds. The van der Waals surface area contributed by atoms with E-state index in [9.17, 15) is 0 Å². The average Bonchev–Trinajstić information content (AvgIpc) is 2.93. The van der Waals surface area contributed by atoms with E-state index in [4.69, 9.17) is 15.9 Å². The maximum absolute atomic E-state index is 5.46. The molecule has 6 nitrogen and oxygen atoms in total. The number of terminal acetylenes is 1. The lowest BCUT2D eigenvalue weighted by molar-refractivity contribution is 0.394. The second-order valence-electron chi connectivity index (χ2n) is 4.25. The lowest BCUT2D eigenvalue weighted by atomic mass is 10.1. The molecule has 0 saturated heterocycles. The molecule has 0 atom stereocenters. The molecule has 3 rings (SSSR count). The van der Waals surface area contributed by atoms with Gasteiger partial charge in [0.2, 0.25) is 0 Å². The van der Waals surface area contributed by atoms with Crippen LogP contribution in [0.2, 0.25) is 0 Å². The van der Waals surface area contributed by atoms with Gasteiger partial charge in [0.25, 0.3) is 0 Å². The van der Waals surface area contributed by atoms with Crippen LogP contribution in [0.5, 0.6) is 11.5 Å². The van der Waals surface area contributed by atoms with Crippen LogP contribution in [0.4, 0.5) is 0 Å². The highest BCUT2D eigenvalue weighted by atomic mass is 16.5. The molecule has 0 bridgehead atoms. The first-order chi connectivity index (χ1) is 10.3. The van der Waals surface area contributed by atoms with E-state index in [0.717, 1.165) is 10.9 Å². The number of aromatic nitrogens is 4. The Morgan fingerprint density at radius 2 is 1.86 bits per heavy atom. The zero-order chi connectivity index (χ0) is 14.8. The Morgan fingerprint density at radius 1 is 1.14 bits per heavy atom. The second-order valence-corrected chi connectivity index (χ2v) is 4.25. The summed E-state index contributed by atoms with van der Waals surface area (Å²) in [6.07, 6.45) is 8.58. The summed E-state index contributed by atoms with van der Waals surface area (Å²) in [5.41, 5.74) is 2.09. The zero-order valence-electron chi connectivity index (χ0n) is 11.6. The van der Waals surface area contributed by atoms with Gasteiger partial charge >= 0.3 is 0 Å². The molecule has 0 radical (unpaired) electrons. The van der Waals surface area contributed by atoms with Crippen molar-refractivity contribution in [3.05, 3.63) is 30.7 Å². The molecule has 3 aromatic rings. The number of benzene rings is 1. The van der Waals surface area contributed by atoms with Gasteiger partial charge in [0.15, 0.2) is 5.65 Å². The Labute approximate surface area is 121 Å². The van der Waals surface area contributed by atoms with Gasteiger partial charge in [-0.15, -0.1) is 0 Å². The van der Waals surface area contributed by atoms with Gasteiger partial charge in [-0.2, -0.15) is 9.78 Å². The Bertz CT molecular complexity index is 826. The molecule has 2 heterocycles. The third-order valence-corrected chi connectivity index (χ3v) is 3.09. The number of hydrogen-bond acceptors (Lipinski definition) is 5. The zero-order valence-corrected chi connectivity index (χ0v) is 11.6. The van der Waals surface area contributed by atoms with Crippen LogP contribution in [0.3, 0.4) is 0 Å². The van der Waals surface area contributed by atoms with E-state index in [1.165, 1.54) is 11.0 Å². The van der Waals surface area contributed by atoms with Gasteiger partial charge in [-0.25, -0.2) is 9.97 Å². The van der Waals surface area contributed by atoms with Crippen LogP contribution in [0.1, 0.15) is 0 Å². The van der Waals surface area contributed by atoms with Gasteiger partial charge in [0.05, 0.1) is 19.6 Å². The molecule has 0 unspecified atom stereocenters. The van der Waals surface area contributed by atoms with Gasteiger partial charge in [-0.3, -0.25) is 0 Å². The Hall–Kier alpha value is -3.07. The standard InChI is InChI=1S/C15H12N4O2/c1-4-19-15-13(8-16-9-17-15)14(18-19)10-5-11(20-2)7-12(6-10)21-3/h1,5-9H,2-3H3. The number of fused-ring (bicyclic) bond motifs is 1. The van der Waals surface area contributed by atoms with E-state index in [2.05, 4.69) is 21.1 Å². The highest BCUT2D eigenvalue weighted by Gasteiger charge is 2.14. The molecule has 1 aromatic carbocycles. The van der Waals surface area contributed by atoms with Crippen molar-refractivity contribution in [2.24, 2.45) is 0 Å².